The predicted molar refractivity (Wildman–Crippen MR) is 106 cm³/mol. The summed E-state index contributed by atoms with van der Waals surface area (Å²) in [4.78, 5) is 0. The summed E-state index contributed by atoms with van der Waals surface area (Å²) in [7, 11) is -3.66. The van der Waals surface area contributed by atoms with Crippen molar-refractivity contribution in [3.63, 3.8) is 0 Å². The van der Waals surface area contributed by atoms with E-state index in [0.717, 1.165) is 12.1 Å². The highest BCUT2D eigenvalue weighted by Crippen LogP contribution is 2.49. The van der Waals surface area contributed by atoms with Crippen molar-refractivity contribution in [2.45, 2.75) is 26.4 Å². The van der Waals surface area contributed by atoms with E-state index in [-0.39, 0.29) is 24.1 Å². The third-order valence-electron chi connectivity index (χ3n) is 3.57. The molecule has 0 bridgehead atoms. The number of hydrogen-bond acceptors (Lipinski definition) is 6. The molecule has 0 aliphatic rings. The number of benzene rings is 2. The molecule has 2 N–H and O–H groups in total. The van der Waals surface area contributed by atoms with Crippen LogP contribution in [0.25, 0.3) is 0 Å². The molecule has 2 aromatic carbocycles. The van der Waals surface area contributed by atoms with Gasteiger partial charge in [0.05, 0.1) is 24.2 Å². The first kappa shape index (κ1) is 23.7. The number of aliphatic hydroxyl groups is 1. The second-order valence-corrected chi connectivity index (χ2v) is 8.57. The predicted octanol–water partition coefficient (Wildman–Crippen LogP) is 5.34. The van der Waals surface area contributed by atoms with Crippen molar-refractivity contribution in [3.8, 4) is 5.75 Å². The number of hydrogen-bond donors (Lipinski definition) is 2. The van der Waals surface area contributed by atoms with Crippen molar-refractivity contribution in [1.29, 1.82) is 0 Å². The maximum atomic E-state index is 13.2. The van der Waals surface area contributed by atoms with E-state index in [0.29, 0.717) is 10.2 Å². The van der Waals surface area contributed by atoms with Crippen molar-refractivity contribution in [1.82, 2.24) is 0 Å². The van der Waals surface area contributed by atoms with Gasteiger partial charge in [-0.2, -0.15) is 0 Å². The molecule has 1 unspecified atom stereocenters. The maximum absolute atomic E-state index is 13.2. The molecule has 0 aliphatic carbocycles. The van der Waals surface area contributed by atoms with Crippen LogP contribution in [0.5, 0.6) is 5.75 Å². The number of aliphatic hydroxyl groups excluding tert-OH is 1. The van der Waals surface area contributed by atoms with Gasteiger partial charge in [0.2, 0.25) is 0 Å². The highest BCUT2D eigenvalue weighted by Gasteiger charge is 2.32. The Bertz CT molecular complexity index is 854. The molecule has 1 atom stereocenters. The molecule has 6 nitrogen and oxygen atoms in total. The van der Waals surface area contributed by atoms with E-state index >= 15 is 0 Å². The van der Waals surface area contributed by atoms with Gasteiger partial charge in [-0.15, -0.1) is 13.2 Å². The zero-order valence-corrected chi connectivity index (χ0v) is 18.1. The normalized spacial score (nSPS) is 13.2. The molecular weight excluding hydrogens is 478 g/mol. The van der Waals surface area contributed by atoms with Gasteiger partial charge < -0.3 is 24.2 Å². The fraction of sp³-hybridized carbons (Fsp3) is 0.333. The van der Waals surface area contributed by atoms with Gasteiger partial charge in [0.15, 0.2) is 6.23 Å². The summed E-state index contributed by atoms with van der Waals surface area (Å²) >= 11 is 3.31. The number of alkyl halides is 3. The smallest absolute Gasteiger partial charge is 0.406 e. The second kappa shape index (κ2) is 9.95. The van der Waals surface area contributed by atoms with Crippen LogP contribution in [0.2, 0.25) is 0 Å². The van der Waals surface area contributed by atoms with E-state index in [4.69, 9.17) is 9.05 Å². The molecule has 0 aromatic heterocycles. The van der Waals surface area contributed by atoms with Gasteiger partial charge in [-0.25, -0.2) is 0 Å². The molecule has 0 aliphatic heterocycles. The first-order chi connectivity index (χ1) is 13.6. The quantitative estimate of drug-likeness (QED) is 0.359. The van der Waals surface area contributed by atoms with Crippen LogP contribution in [-0.2, 0) is 13.6 Å². The van der Waals surface area contributed by atoms with Gasteiger partial charge >= 0.3 is 14.0 Å². The first-order valence-corrected chi connectivity index (χ1v) is 10.9. The standard InChI is InChI=1S/C18H20BrF3NO5P/c1-3-26-29(25,27-4-2)16-11-13(19)7-10-15(16)23-17(24)12-5-8-14(9-6-12)28-18(20,21)22/h5-11,17,23-24H,3-4H2,1-2H3. The Morgan fingerprint density at radius 3 is 2.21 bits per heavy atom. The van der Waals surface area contributed by atoms with E-state index in [1.807, 2.05) is 0 Å². The third kappa shape index (κ3) is 6.72. The van der Waals surface area contributed by atoms with E-state index in [2.05, 4.69) is 26.0 Å². The zero-order chi connectivity index (χ0) is 21.7. The zero-order valence-electron chi connectivity index (χ0n) is 15.6. The van der Waals surface area contributed by atoms with Gasteiger partial charge in [-0.05, 0) is 44.2 Å². The Kier molecular flexibility index (Phi) is 8.13. The van der Waals surface area contributed by atoms with Crippen LogP contribution in [0.4, 0.5) is 18.9 Å². The van der Waals surface area contributed by atoms with Gasteiger partial charge in [0.25, 0.3) is 0 Å². The monoisotopic (exact) mass is 497 g/mol. The first-order valence-electron chi connectivity index (χ1n) is 8.57. The molecule has 0 heterocycles. The molecule has 11 heteroatoms. The van der Waals surface area contributed by atoms with E-state index in [1.54, 1.807) is 32.0 Å². The molecule has 160 valence electrons. The summed E-state index contributed by atoms with van der Waals surface area (Å²) < 4.78 is 65.1. The van der Waals surface area contributed by atoms with Crippen molar-refractivity contribution < 1.29 is 36.6 Å². The van der Waals surface area contributed by atoms with Crippen LogP contribution in [0.15, 0.2) is 46.9 Å². The molecule has 0 amide bonds. The molecule has 0 fully saturated rings. The largest absolute Gasteiger partial charge is 0.573 e. The highest BCUT2D eigenvalue weighted by atomic mass is 79.9. The number of anilines is 1. The van der Waals surface area contributed by atoms with E-state index in [9.17, 15) is 22.8 Å². The molecular formula is C18H20BrF3NO5P. The fourth-order valence-corrected chi connectivity index (χ4v) is 4.75. The van der Waals surface area contributed by atoms with E-state index < -0.39 is 25.9 Å². The van der Waals surface area contributed by atoms with Gasteiger partial charge in [0, 0.05) is 10.0 Å². The Balaban J connectivity index is 2.28. The van der Waals surface area contributed by atoms with Gasteiger partial charge in [0.1, 0.15) is 5.75 Å². The van der Waals surface area contributed by atoms with Crippen LogP contribution in [0.1, 0.15) is 25.6 Å². The lowest BCUT2D eigenvalue weighted by molar-refractivity contribution is -0.274. The summed E-state index contributed by atoms with van der Waals surface area (Å²) in [6.45, 7) is 3.64. The minimum Gasteiger partial charge on any atom is -0.406 e. The van der Waals surface area contributed by atoms with Crippen molar-refractivity contribution in [2.75, 3.05) is 18.5 Å². The fourth-order valence-electron chi connectivity index (χ4n) is 2.45. The van der Waals surface area contributed by atoms with Crippen LogP contribution in [0, 0.1) is 0 Å². The molecule has 29 heavy (non-hydrogen) atoms. The summed E-state index contributed by atoms with van der Waals surface area (Å²) in [5.41, 5.74) is 0.567. The number of halogens is 4. The highest BCUT2D eigenvalue weighted by molar-refractivity contribution is 9.10. The minimum absolute atomic E-state index is 0.145. The molecule has 0 radical (unpaired) electrons. The minimum atomic E-state index is -4.80. The summed E-state index contributed by atoms with van der Waals surface area (Å²) in [6.07, 6.45) is -6.10. The van der Waals surface area contributed by atoms with Gasteiger partial charge in [-0.3, -0.25) is 4.57 Å². The van der Waals surface area contributed by atoms with E-state index in [1.165, 1.54) is 12.1 Å². The second-order valence-electron chi connectivity index (χ2n) is 5.66. The Hall–Kier alpha value is -1.58. The summed E-state index contributed by atoms with van der Waals surface area (Å²) in [5, 5.41) is 13.5. The Morgan fingerprint density at radius 2 is 1.69 bits per heavy atom. The SMILES string of the molecule is CCOP(=O)(OCC)c1cc(Br)ccc1NC(O)c1ccc(OC(F)(F)F)cc1. The number of ether oxygens (including phenoxy) is 1. The number of rotatable bonds is 9. The molecule has 0 saturated carbocycles. The lowest BCUT2D eigenvalue weighted by Crippen LogP contribution is -2.20. The average Bonchev–Trinajstić information content (AvgIpc) is 2.63. The van der Waals surface area contributed by atoms with Gasteiger partial charge in [-0.1, -0.05) is 28.1 Å². The molecule has 2 aromatic rings. The van der Waals surface area contributed by atoms with Crippen LogP contribution in [0.3, 0.4) is 0 Å². The summed E-state index contributed by atoms with van der Waals surface area (Å²) in [6, 6.07) is 9.53. The maximum Gasteiger partial charge on any atom is 0.573 e. The van der Waals surface area contributed by atoms with Crippen LogP contribution in [-0.4, -0.2) is 24.7 Å². The Morgan fingerprint density at radius 1 is 1.10 bits per heavy atom. The summed E-state index contributed by atoms with van der Waals surface area (Å²) in [5.74, 6) is -0.407. The third-order valence-corrected chi connectivity index (χ3v) is 6.22. The molecule has 2 rings (SSSR count). The Labute approximate surface area is 174 Å². The number of nitrogens with one attached hydrogen (secondary N) is 1. The van der Waals surface area contributed by atoms with Crippen LogP contribution < -0.4 is 15.4 Å². The van der Waals surface area contributed by atoms with Crippen molar-refractivity contribution >= 4 is 34.5 Å². The van der Waals surface area contributed by atoms with Crippen molar-refractivity contribution in [3.05, 3.63) is 52.5 Å². The molecule has 0 saturated heterocycles. The lowest BCUT2D eigenvalue weighted by atomic mass is 10.2. The lowest BCUT2D eigenvalue weighted by Gasteiger charge is -2.23. The average molecular weight is 498 g/mol. The molecule has 0 spiro atoms. The van der Waals surface area contributed by atoms with Crippen LogP contribution >= 0.6 is 23.5 Å². The topological polar surface area (TPSA) is 77.0 Å². The van der Waals surface area contributed by atoms with Crippen molar-refractivity contribution in [2.24, 2.45) is 0 Å².